The van der Waals surface area contributed by atoms with E-state index in [1.807, 2.05) is 23.6 Å². The first-order chi connectivity index (χ1) is 9.24. The number of furan rings is 1. The molecule has 4 nitrogen and oxygen atoms in total. The molecular formula is C13H12N2O2S2. The van der Waals surface area contributed by atoms with E-state index in [9.17, 15) is 4.79 Å². The molecule has 2 heterocycles. The van der Waals surface area contributed by atoms with Crippen molar-refractivity contribution in [2.45, 2.75) is 6.54 Å². The maximum absolute atomic E-state index is 11.6. The van der Waals surface area contributed by atoms with Crippen LogP contribution in [0.5, 0.6) is 0 Å². The maximum Gasteiger partial charge on any atom is 0.250 e. The van der Waals surface area contributed by atoms with E-state index in [1.54, 1.807) is 29.7 Å². The third kappa shape index (κ3) is 4.69. The summed E-state index contributed by atoms with van der Waals surface area (Å²) in [5.74, 6) is 0.496. The molecule has 2 rings (SSSR count). The van der Waals surface area contributed by atoms with Gasteiger partial charge in [-0.15, -0.1) is 11.3 Å². The van der Waals surface area contributed by atoms with Gasteiger partial charge in [-0.25, -0.2) is 0 Å². The van der Waals surface area contributed by atoms with E-state index < -0.39 is 0 Å². The number of carbonyl (C=O) groups is 1. The highest BCUT2D eigenvalue weighted by Gasteiger charge is 2.01. The summed E-state index contributed by atoms with van der Waals surface area (Å²) in [7, 11) is 0. The van der Waals surface area contributed by atoms with E-state index in [4.69, 9.17) is 16.6 Å². The highest BCUT2D eigenvalue weighted by atomic mass is 32.1. The van der Waals surface area contributed by atoms with Gasteiger partial charge >= 0.3 is 0 Å². The molecule has 2 N–H and O–H groups in total. The molecule has 0 spiro atoms. The average Bonchev–Trinajstić information content (AvgIpc) is 3.07. The lowest BCUT2D eigenvalue weighted by Crippen LogP contribution is -2.37. The topological polar surface area (TPSA) is 54.3 Å². The fraction of sp³-hybridized carbons (Fsp3) is 0.0769. The minimum Gasteiger partial charge on any atom is -0.467 e. The van der Waals surface area contributed by atoms with Gasteiger partial charge in [0.2, 0.25) is 5.91 Å². The molecule has 0 aliphatic rings. The van der Waals surface area contributed by atoms with Crippen molar-refractivity contribution in [2.75, 3.05) is 0 Å². The predicted octanol–water partition coefficient (Wildman–Crippen LogP) is 2.55. The molecule has 98 valence electrons. The number of hydrogen-bond donors (Lipinski definition) is 2. The number of thiophene rings is 1. The van der Waals surface area contributed by atoms with Crippen LogP contribution in [0.25, 0.3) is 6.08 Å². The van der Waals surface area contributed by atoms with Crippen LogP contribution in [-0.4, -0.2) is 11.0 Å². The van der Waals surface area contributed by atoms with Crippen molar-refractivity contribution in [3.63, 3.8) is 0 Å². The molecule has 0 aliphatic carbocycles. The maximum atomic E-state index is 11.6. The van der Waals surface area contributed by atoms with E-state index >= 15 is 0 Å². The third-order valence-corrected chi connectivity index (χ3v) is 3.27. The summed E-state index contributed by atoms with van der Waals surface area (Å²) < 4.78 is 5.14. The van der Waals surface area contributed by atoms with Crippen molar-refractivity contribution in [1.82, 2.24) is 10.6 Å². The van der Waals surface area contributed by atoms with Crippen molar-refractivity contribution in [3.05, 3.63) is 52.6 Å². The molecule has 0 atom stereocenters. The quantitative estimate of drug-likeness (QED) is 0.672. The Morgan fingerprint density at radius 1 is 1.42 bits per heavy atom. The SMILES string of the molecule is O=C(/C=C/c1cccs1)NC(=S)NCc1ccco1. The van der Waals surface area contributed by atoms with Crippen molar-refractivity contribution >= 4 is 40.7 Å². The van der Waals surface area contributed by atoms with Crippen LogP contribution >= 0.6 is 23.6 Å². The molecule has 0 saturated carbocycles. The molecule has 0 aromatic carbocycles. The lowest BCUT2D eigenvalue weighted by Gasteiger charge is -2.05. The first kappa shape index (κ1) is 13.5. The van der Waals surface area contributed by atoms with Crippen LogP contribution in [0.15, 0.2) is 46.4 Å². The predicted molar refractivity (Wildman–Crippen MR) is 79.6 cm³/mol. The van der Waals surface area contributed by atoms with E-state index in [1.165, 1.54) is 6.08 Å². The molecule has 2 aromatic heterocycles. The molecule has 0 fully saturated rings. The number of nitrogens with one attached hydrogen (secondary N) is 2. The Bertz CT molecular complexity index is 559. The minimum atomic E-state index is -0.259. The Balaban J connectivity index is 1.74. The van der Waals surface area contributed by atoms with Crippen LogP contribution in [-0.2, 0) is 11.3 Å². The van der Waals surface area contributed by atoms with Crippen molar-refractivity contribution in [1.29, 1.82) is 0 Å². The number of carbonyl (C=O) groups excluding carboxylic acids is 1. The van der Waals surface area contributed by atoms with Gasteiger partial charge < -0.3 is 9.73 Å². The summed E-state index contributed by atoms with van der Waals surface area (Å²) in [6, 6.07) is 7.48. The van der Waals surface area contributed by atoms with Crippen LogP contribution in [0, 0.1) is 0 Å². The summed E-state index contributed by atoms with van der Waals surface area (Å²) in [5.41, 5.74) is 0. The molecule has 0 aliphatic heterocycles. The number of rotatable bonds is 4. The van der Waals surface area contributed by atoms with Crippen molar-refractivity contribution in [2.24, 2.45) is 0 Å². The van der Waals surface area contributed by atoms with Gasteiger partial charge in [0.25, 0.3) is 0 Å². The summed E-state index contributed by atoms with van der Waals surface area (Å²) in [6.45, 7) is 0.445. The highest BCUT2D eigenvalue weighted by molar-refractivity contribution is 7.80. The van der Waals surface area contributed by atoms with Gasteiger partial charge in [0.05, 0.1) is 12.8 Å². The van der Waals surface area contributed by atoms with Gasteiger partial charge in [0, 0.05) is 11.0 Å². The smallest absolute Gasteiger partial charge is 0.250 e. The third-order valence-electron chi connectivity index (χ3n) is 2.18. The zero-order valence-corrected chi connectivity index (χ0v) is 11.6. The number of thiocarbonyl (C=S) groups is 1. The average molecular weight is 292 g/mol. The van der Waals surface area contributed by atoms with E-state index in [2.05, 4.69) is 10.6 Å². The molecule has 2 aromatic rings. The fourth-order valence-electron chi connectivity index (χ4n) is 1.32. The second-order valence-electron chi connectivity index (χ2n) is 3.60. The Labute approximate surface area is 120 Å². The van der Waals surface area contributed by atoms with E-state index in [0.29, 0.717) is 6.54 Å². The van der Waals surface area contributed by atoms with E-state index in [0.717, 1.165) is 10.6 Å². The Morgan fingerprint density at radius 3 is 3.00 bits per heavy atom. The van der Waals surface area contributed by atoms with Crippen LogP contribution in [0.3, 0.4) is 0 Å². The van der Waals surface area contributed by atoms with Gasteiger partial charge in [-0.05, 0) is 41.9 Å². The van der Waals surface area contributed by atoms with Crippen LogP contribution in [0.2, 0.25) is 0 Å². The second-order valence-corrected chi connectivity index (χ2v) is 4.99. The van der Waals surface area contributed by atoms with Gasteiger partial charge in [-0.2, -0.15) is 0 Å². The number of hydrogen-bond acceptors (Lipinski definition) is 4. The summed E-state index contributed by atoms with van der Waals surface area (Å²) in [5, 5.41) is 7.67. The van der Waals surface area contributed by atoms with Crippen LogP contribution in [0.1, 0.15) is 10.6 Å². The van der Waals surface area contributed by atoms with Gasteiger partial charge in [-0.1, -0.05) is 6.07 Å². The molecule has 6 heteroatoms. The lowest BCUT2D eigenvalue weighted by molar-refractivity contribution is -0.115. The largest absolute Gasteiger partial charge is 0.467 e. The van der Waals surface area contributed by atoms with Crippen molar-refractivity contribution < 1.29 is 9.21 Å². The molecule has 19 heavy (non-hydrogen) atoms. The van der Waals surface area contributed by atoms with Gasteiger partial charge in [0.1, 0.15) is 5.76 Å². The summed E-state index contributed by atoms with van der Waals surface area (Å²) >= 11 is 6.57. The highest BCUT2D eigenvalue weighted by Crippen LogP contribution is 2.09. The summed E-state index contributed by atoms with van der Waals surface area (Å²) in [4.78, 5) is 12.6. The standard InChI is InChI=1S/C13H12N2O2S2/c16-12(6-5-11-4-2-8-19-11)15-13(18)14-9-10-3-1-7-17-10/h1-8H,9H2,(H2,14,15,16,18)/b6-5+. The molecular weight excluding hydrogens is 280 g/mol. The first-order valence-electron chi connectivity index (χ1n) is 5.57. The zero-order valence-electron chi connectivity index (χ0n) is 9.96. The molecule has 1 amide bonds. The summed E-state index contributed by atoms with van der Waals surface area (Å²) in [6.07, 6.45) is 4.78. The molecule has 0 bridgehead atoms. The second kappa shape index (κ2) is 6.86. The van der Waals surface area contributed by atoms with E-state index in [-0.39, 0.29) is 11.0 Å². The number of amides is 1. The Kier molecular flexibility index (Phi) is 4.88. The van der Waals surface area contributed by atoms with Crippen molar-refractivity contribution in [3.8, 4) is 0 Å². The monoisotopic (exact) mass is 292 g/mol. The van der Waals surface area contributed by atoms with Gasteiger partial charge in [-0.3, -0.25) is 10.1 Å². The lowest BCUT2D eigenvalue weighted by atomic mass is 10.4. The molecule has 0 saturated heterocycles. The molecule has 0 unspecified atom stereocenters. The Morgan fingerprint density at radius 2 is 2.32 bits per heavy atom. The van der Waals surface area contributed by atoms with Gasteiger partial charge in [0.15, 0.2) is 5.11 Å². The van der Waals surface area contributed by atoms with Crippen LogP contribution < -0.4 is 10.6 Å². The van der Waals surface area contributed by atoms with Crippen LogP contribution in [0.4, 0.5) is 0 Å². The molecule has 0 radical (unpaired) electrons. The first-order valence-corrected chi connectivity index (χ1v) is 6.85. The minimum absolute atomic E-state index is 0.259. The Hall–Kier alpha value is -1.92. The zero-order chi connectivity index (χ0) is 13.5. The fourth-order valence-corrected chi connectivity index (χ4v) is 2.11. The normalized spacial score (nSPS) is 10.5.